The summed E-state index contributed by atoms with van der Waals surface area (Å²) >= 11 is 8.67. The van der Waals surface area contributed by atoms with E-state index in [4.69, 9.17) is 14.5 Å². The lowest BCUT2D eigenvalue weighted by Crippen LogP contribution is -2.40. The number of carbonyl (C=O) groups is 1. The van der Waals surface area contributed by atoms with Crippen LogP contribution in [0.3, 0.4) is 0 Å². The summed E-state index contributed by atoms with van der Waals surface area (Å²) in [6.45, 7) is 4.18. The van der Waals surface area contributed by atoms with Gasteiger partial charge in [-0.3, -0.25) is 9.36 Å². The zero-order valence-corrected chi connectivity index (χ0v) is 29.5. The SMILES string of the molecule is CCOC(=O)C1=C(C)N=c2s/c(=C/c3cc(Br)c(OCc4cccc5ccccc45)c(Br)c3)c(=O)n2[C@H]1c1cccc2ccccc12. The number of hydrogen-bond acceptors (Lipinski definition) is 6. The molecule has 0 saturated heterocycles. The summed E-state index contributed by atoms with van der Waals surface area (Å²) in [6, 6.07) is 31.5. The van der Waals surface area contributed by atoms with Crippen LogP contribution in [0.25, 0.3) is 27.6 Å². The fraction of sp³-hybridized carbons (Fsp3) is 0.132. The molecule has 0 N–H and O–H groups in total. The number of carbonyl (C=O) groups excluding carboxylic acids is 1. The van der Waals surface area contributed by atoms with Crippen molar-refractivity contribution in [1.82, 2.24) is 4.57 Å². The number of fused-ring (bicyclic) bond motifs is 3. The van der Waals surface area contributed by atoms with Crippen LogP contribution in [0.5, 0.6) is 5.75 Å². The molecule has 1 atom stereocenters. The summed E-state index contributed by atoms with van der Waals surface area (Å²) in [5, 5.41) is 4.29. The first kappa shape index (κ1) is 31.3. The highest BCUT2D eigenvalue weighted by Crippen LogP contribution is 2.37. The van der Waals surface area contributed by atoms with Gasteiger partial charge in [0.1, 0.15) is 12.4 Å². The van der Waals surface area contributed by atoms with Gasteiger partial charge in [0.05, 0.1) is 37.4 Å². The number of nitrogens with zero attached hydrogens (tertiary/aromatic N) is 2. The maximum absolute atomic E-state index is 14.2. The molecule has 0 saturated carbocycles. The number of esters is 1. The van der Waals surface area contributed by atoms with Gasteiger partial charge in [0.2, 0.25) is 0 Å². The average molecular weight is 769 g/mol. The normalized spacial score (nSPS) is 14.7. The molecule has 0 fully saturated rings. The molecule has 6 nitrogen and oxygen atoms in total. The van der Waals surface area contributed by atoms with E-state index in [1.54, 1.807) is 18.4 Å². The molecule has 0 bridgehead atoms. The van der Waals surface area contributed by atoms with Crippen LogP contribution in [0.4, 0.5) is 0 Å². The number of rotatable bonds is 7. The van der Waals surface area contributed by atoms with Crippen molar-refractivity contribution < 1.29 is 14.3 Å². The van der Waals surface area contributed by atoms with E-state index < -0.39 is 12.0 Å². The van der Waals surface area contributed by atoms with Gasteiger partial charge in [-0.15, -0.1) is 0 Å². The van der Waals surface area contributed by atoms with Gasteiger partial charge in [0.25, 0.3) is 5.56 Å². The van der Waals surface area contributed by atoms with Gasteiger partial charge in [-0.2, -0.15) is 0 Å². The van der Waals surface area contributed by atoms with Crippen LogP contribution in [0.2, 0.25) is 0 Å². The molecule has 0 aliphatic carbocycles. The minimum absolute atomic E-state index is 0.216. The molecule has 6 aromatic rings. The van der Waals surface area contributed by atoms with Gasteiger partial charge in [-0.1, -0.05) is 96.3 Å². The molecule has 0 unspecified atom stereocenters. The summed E-state index contributed by atoms with van der Waals surface area (Å²) in [7, 11) is 0. The van der Waals surface area contributed by atoms with Crippen LogP contribution in [0, 0.1) is 0 Å². The van der Waals surface area contributed by atoms with Crippen molar-refractivity contribution in [3.63, 3.8) is 0 Å². The van der Waals surface area contributed by atoms with E-state index in [2.05, 4.69) is 56.1 Å². The number of ether oxygens (including phenoxy) is 2. The molecular weight excluding hydrogens is 740 g/mol. The largest absolute Gasteiger partial charge is 0.487 e. The Labute approximate surface area is 291 Å². The van der Waals surface area contributed by atoms with Gasteiger partial charge in [0.15, 0.2) is 4.80 Å². The van der Waals surface area contributed by atoms with Crippen LogP contribution < -0.4 is 19.6 Å². The van der Waals surface area contributed by atoms with E-state index in [1.165, 1.54) is 11.3 Å². The fourth-order valence-corrected chi connectivity index (χ4v) is 8.59. The lowest BCUT2D eigenvalue weighted by atomic mass is 9.91. The summed E-state index contributed by atoms with van der Waals surface area (Å²) < 4.78 is 15.4. The Balaban J connectivity index is 1.29. The predicted molar refractivity (Wildman–Crippen MR) is 194 cm³/mol. The second-order valence-electron chi connectivity index (χ2n) is 11.1. The molecular formula is C38H28Br2N2O4S. The molecule has 7 rings (SSSR count). The van der Waals surface area contributed by atoms with E-state index in [9.17, 15) is 9.59 Å². The van der Waals surface area contributed by atoms with Crippen LogP contribution in [0.1, 0.15) is 36.6 Å². The fourth-order valence-electron chi connectivity index (χ4n) is 6.10. The number of allylic oxidation sites excluding steroid dienone is 1. The van der Waals surface area contributed by atoms with Crippen molar-refractivity contribution in [1.29, 1.82) is 0 Å². The molecule has 9 heteroatoms. The molecule has 5 aromatic carbocycles. The molecule has 2 heterocycles. The van der Waals surface area contributed by atoms with Crippen molar-refractivity contribution in [2.24, 2.45) is 4.99 Å². The lowest BCUT2D eigenvalue weighted by molar-refractivity contribution is -0.139. The Morgan fingerprint density at radius 1 is 0.915 bits per heavy atom. The topological polar surface area (TPSA) is 69.9 Å². The van der Waals surface area contributed by atoms with Crippen LogP contribution in [0.15, 0.2) is 127 Å². The maximum atomic E-state index is 14.2. The van der Waals surface area contributed by atoms with Crippen molar-refractivity contribution in [2.75, 3.05) is 6.61 Å². The molecule has 0 radical (unpaired) electrons. The number of hydrogen-bond donors (Lipinski definition) is 0. The standard InChI is InChI=1S/C38H28Br2N2O4S/c1-3-45-37(44)33-22(2)41-38-42(34(33)29-17-9-13-25-11-5-7-16-28(25)29)36(43)32(47-38)20-23-18-30(39)35(31(40)19-23)46-21-26-14-8-12-24-10-4-6-15-27(24)26/h4-20,34H,3,21H2,1-2H3/b32-20+/t34-/m0/s1. The average Bonchev–Trinajstić information content (AvgIpc) is 3.37. The summed E-state index contributed by atoms with van der Waals surface area (Å²) in [5.41, 5.74) is 3.39. The van der Waals surface area contributed by atoms with Gasteiger partial charge in [-0.05, 0) is 102 Å². The molecule has 0 spiro atoms. The first-order valence-electron chi connectivity index (χ1n) is 15.1. The summed E-state index contributed by atoms with van der Waals surface area (Å²) in [6.07, 6.45) is 1.84. The minimum Gasteiger partial charge on any atom is -0.487 e. The molecule has 234 valence electrons. The Hall–Kier alpha value is -4.31. The van der Waals surface area contributed by atoms with Crippen LogP contribution >= 0.6 is 43.2 Å². The summed E-state index contributed by atoms with van der Waals surface area (Å²) in [4.78, 5) is 32.9. The highest BCUT2D eigenvalue weighted by molar-refractivity contribution is 9.11. The quantitative estimate of drug-likeness (QED) is 0.154. The van der Waals surface area contributed by atoms with E-state index in [0.29, 0.717) is 33.0 Å². The van der Waals surface area contributed by atoms with Gasteiger partial charge < -0.3 is 9.47 Å². The molecule has 47 heavy (non-hydrogen) atoms. The molecule has 1 aliphatic rings. The minimum atomic E-state index is -0.693. The molecule has 1 aliphatic heterocycles. The van der Waals surface area contributed by atoms with Gasteiger partial charge >= 0.3 is 5.97 Å². The van der Waals surface area contributed by atoms with Crippen molar-refractivity contribution in [2.45, 2.75) is 26.5 Å². The Kier molecular flexibility index (Phi) is 8.70. The first-order chi connectivity index (χ1) is 22.8. The third kappa shape index (κ3) is 5.88. The highest BCUT2D eigenvalue weighted by Gasteiger charge is 2.34. The summed E-state index contributed by atoms with van der Waals surface area (Å²) in [5.74, 6) is 0.190. The lowest BCUT2D eigenvalue weighted by Gasteiger charge is -2.25. The smallest absolute Gasteiger partial charge is 0.338 e. The molecule has 0 amide bonds. The second kappa shape index (κ2) is 13.1. The first-order valence-corrected chi connectivity index (χ1v) is 17.5. The van der Waals surface area contributed by atoms with Crippen molar-refractivity contribution in [3.8, 4) is 5.75 Å². The number of benzene rings is 5. The van der Waals surface area contributed by atoms with E-state index in [1.807, 2.05) is 78.9 Å². The monoisotopic (exact) mass is 766 g/mol. The van der Waals surface area contributed by atoms with Gasteiger partial charge in [0, 0.05) is 0 Å². The van der Waals surface area contributed by atoms with Crippen LogP contribution in [-0.4, -0.2) is 17.1 Å². The number of aromatic nitrogens is 1. The highest BCUT2D eigenvalue weighted by atomic mass is 79.9. The number of thiazole rings is 1. The van der Waals surface area contributed by atoms with Gasteiger partial charge in [-0.25, -0.2) is 9.79 Å². The molecule has 1 aromatic heterocycles. The third-order valence-corrected chi connectivity index (χ3v) is 10.4. The predicted octanol–water partition coefficient (Wildman–Crippen LogP) is 8.21. The number of halogens is 2. The maximum Gasteiger partial charge on any atom is 0.338 e. The second-order valence-corrected chi connectivity index (χ2v) is 13.8. The van der Waals surface area contributed by atoms with Crippen molar-refractivity contribution >= 4 is 76.8 Å². The Morgan fingerprint density at radius 2 is 1.55 bits per heavy atom. The van der Waals surface area contributed by atoms with Crippen molar-refractivity contribution in [3.05, 3.63) is 154 Å². The third-order valence-electron chi connectivity index (χ3n) is 8.21. The zero-order valence-electron chi connectivity index (χ0n) is 25.5. The van der Waals surface area contributed by atoms with Crippen LogP contribution in [-0.2, 0) is 16.1 Å². The Bertz CT molecular complexity index is 2400. The van der Waals surface area contributed by atoms with E-state index in [-0.39, 0.29) is 12.2 Å². The van der Waals surface area contributed by atoms with E-state index >= 15 is 0 Å². The zero-order chi connectivity index (χ0) is 32.7. The van der Waals surface area contributed by atoms with E-state index in [0.717, 1.165) is 47.2 Å². The Morgan fingerprint density at radius 3 is 2.28 bits per heavy atom.